The van der Waals surface area contributed by atoms with Crippen molar-refractivity contribution in [1.82, 2.24) is 0 Å². The van der Waals surface area contributed by atoms with Crippen LogP contribution in [0.15, 0.2) is 0 Å². The maximum atomic E-state index is 9.74. The molecule has 1 fully saturated rings. The molecular weight excluding hydrogens is 84.0 g/mol. The van der Waals surface area contributed by atoms with Crippen LogP contribution in [0.2, 0.25) is 0 Å². The van der Waals surface area contributed by atoms with Gasteiger partial charge in [-0.05, 0) is 0 Å². The monoisotopic (exact) mass is 88.0 g/mol. The summed E-state index contributed by atoms with van der Waals surface area (Å²) >= 11 is 0. The predicted molar refractivity (Wildman–Crippen MR) is 16.7 cm³/mol. The van der Waals surface area contributed by atoms with Crippen LogP contribution in [-0.2, 0) is 9.53 Å². The van der Waals surface area contributed by atoms with Gasteiger partial charge >= 0.3 is 11.8 Å². The van der Waals surface area contributed by atoms with Crippen LogP contribution in [0.4, 0.5) is 0 Å². The Labute approximate surface area is 34.5 Å². The van der Waals surface area contributed by atoms with Gasteiger partial charge in [0, 0.05) is 6.92 Å². The van der Waals surface area contributed by atoms with Crippen LogP contribution in [0.25, 0.3) is 0 Å². The van der Waals surface area contributed by atoms with Crippen molar-refractivity contribution in [2.24, 2.45) is 0 Å². The molecule has 6 heavy (non-hydrogen) atoms. The van der Waals surface area contributed by atoms with Crippen molar-refractivity contribution in [2.45, 2.75) is 12.7 Å². The third-order valence-corrected chi connectivity index (χ3v) is 0.629. The third kappa shape index (κ3) is 0.285. The van der Waals surface area contributed by atoms with Crippen LogP contribution in [0.5, 0.6) is 0 Å². The smallest absolute Gasteiger partial charge is 0.382 e. The first kappa shape index (κ1) is 3.61. The van der Waals surface area contributed by atoms with Crippen LogP contribution >= 0.6 is 0 Å². The van der Waals surface area contributed by atoms with Gasteiger partial charge < -0.3 is 9.84 Å². The highest BCUT2D eigenvalue weighted by atomic mass is 16.8. The largest absolute Gasteiger partial charge is 0.417 e. The zero-order valence-electron chi connectivity index (χ0n) is 3.26. The van der Waals surface area contributed by atoms with Gasteiger partial charge in [-0.25, -0.2) is 4.79 Å². The van der Waals surface area contributed by atoms with Crippen LogP contribution < -0.4 is 0 Å². The normalized spacial score (nSPS) is 42.0. The topological polar surface area (TPSA) is 49.8 Å². The van der Waals surface area contributed by atoms with Crippen LogP contribution in [0.1, 0.15) is 6.92 Å². The molecule has 0 amide bonds. The van der Waals surface area contributed by atoms with Gasteiger partial charge in [-0.3, -0.25) is 0 Å². The molecule has 1 atom stereocenters. The molecule has 0 saturated carbocycles. The Morgan fingerprint density at radius 1 is 2.00 bits per heavy atom. The summed E-state index contributed by atoms with van der Waals surface area (Å²) in [5, 5.41) is 8.33. The predicted octanol–water partition coefficient (Wildman–Crippen LogP) is -0.748. The number of rotatable bonds is 0. The number of carbonyl (C=O) groups excluding carboxylic acids is 1. The number of epoxide rings is 1. The van der Waals surface area contributed by atoms with Crippen molar-refractivity contribution >= 4 is 5.97 Å². The van der Waals surface area contributed by atoms with E-state index in [0.29, 0.717) is 0 Å². The van der Waals surface area contributed by atoms with Gasteiger partial charge in [-0.15, -0.1) is 0 Å². The summed E-state index contributed by atoms with van der Waals surface area (Å²) in [5.74, 6) is -1.97. The second-order valence-corrected chi connectivity index (χ2v) is 1.37. The fraction of sp³-hybridized carbons (Fsp3) is 0.667. The fourth-order valence-corrected chi connectivity index (χ4v) is 0.155. The zero-order chi connectivity index (χ0) is 4.78. The first-order valence-corrected chi connectivity index (χ1v) is 1.59. The first-order valence-electron chi connectivity index (χ1n) is 1.59. The van der Waals surface area contributed by atoms with E-state index in [9.17, 15) is 4.79 Å². The van der Waals surface area contributed by atoms with Gasteiger partial charge in [-0.2, -0.15) is 0 Å². The second kappa shape index (κ2) is 0.586. The van der Waals surface area contributed by atoms with Gasteiger partial charge in [0.25, 0.3) is 0 Å². The molecule has 0 aromatic carbocycles. The summed E-state index contributed by atoms with van der Waals surface area (Å²) < 4.78 is 4.02. The highest BCUT2D eigenvalue weighted by Gasteiger charge is 2.52. The Balaban J connectivity index is 2.63. The molecule has 3 heteroatoms. The van der Waals surface area contributed by atoms with Gasteiger partial charge in [0.1, 0.15) is 0 Å². The number of cyclic esters (lactones) is 1. The van der Waals surface area contributed by atoms with Gasteiger partial charge in [0.15, 0.2) is 0 Å². The molecule has 0 aromatic heterocycles. The molecule has 0 radical (unpaired) electrons. The molecule has 0 bridgehead atoms. The Morgan fingerprint density at radius 2 is 2.17 bits per heavy atom. The van der Waals surface area contributed by atoms with E-state index >= 15 is 0 Å². The molecule has 3 nitrogen and oxygen atoms in total. The van der Waals surface area contributed by atoms with E-state index in [0.717, 1.165) is 0 Å². The average molecular weight is 88.1 g/mol. The van der Waals surface area contributed by atoms with E-state index < -0.39 is 11.8 Å². The Morgan fingerprint density at radius 3 is 2.17 bits per heavy atom. The lowest BCUT2D eigenvalue weighted by Gasteiger charge is -1.76. The quantitative estimate of drug-likeness (QED) is 0.396. The number of ether oxygens (including phenoxy) is 1. The maximum Gasteiger partial charge on any atom is 0.382 e. The van der Waals surface area contributed by atoms with E-state index in [1.54, 1.807) is 0 Å². The Hall–Kier alpha value is -0.570. The van der Waals surface area contributed by atoms with E-state index in [2.05, 4.69) is 4.74 Å². The SMILES string of the molecule is CC1(O)OC1=O. The molecule has 0 aliphatic carbocycles. The Kier molecular flexibility index (Phi) is 0.353. The summed E-state index contributed by atoms with van der Waals surface area (Å²) in [7, 11) is 0. The lowest BCUT2D eigenvalue weighted by Crippen LogP contribution is -2.01. The molecule has 0 spiro atoms. The fourth-order valence-electron chi connectivity index (χ4n) is 0.155. The molecule has 1 rings (SSSR count). The highest BCUT2D eigenvalue weighted by Crippen LogP contribution is 2.22. The van der Waals surface area contributed by atoms with E-state index in [1.807, 2.05) is 0 Å². The van der Waals surface area contributed by atoms with Crippen LogP contribution in [-0.4, -0.2) is 16.9 Å². The summed E-state index contributed by atoms with van der Waals surface area (Å²) in [4.78, 5) is 9.74. The van der Waals surface area contributed by atoms with Crippen LogP contribution in [0.3, 0.4) is 0 Å². The molecule has 1 aliphatic rings. The summed E-state index contributed by atoms with van der Waals surface area (Å²) in [5.41, 5.74) is 0. The van der Waals surface area contributed by atoms with Crippen molar-refractivity contribution in [1.29, 1.82) is 0 Å². The molecule has 1 aliphatic heterocycles. The van der Waals surface area contributed by atoms with E-state index in [4.69, 9.17) is 5.11 Å². The molecule has 1 saturated heterocycles. The molecule has 1 heterocycles. The number of aliphatic hydroxyl groups is 1. The molecule has 1 unspecified atom stereocenters. The third-order valence-electron chi connectivity index (χ3n) is 0.629. The average Bonchev–Trinajstić information content (AvgIpc) is 1.73. The first-order chi connectivity index (χ1) is 2.63. The minimum Gasteiger partial charge on any atom is -0.417 e. The molecule has 34 valence electrons. The highest BCUT2D eigenvalue weighted by molar-refractivity contribution is 5.89. The van der Waals surface area contributed by atoms with E-state index in [-0.39, 0.29) is 0 Å². The number of carbonyl (C=O) groups is 1. The van der Waals surface area contributed by atoms with Crippen molar-refractivity contribution in [3.8, 4) is 0 Å². The summed E-state index contributed by atoms with van der Waals surface area (Å²) in [6, 6.07) is 0. The number of hydrogen-bond acceptors (Lipinski definition) is 3. The summed E-state index contributed by atoms with van der Waals surface area (Å²) in [6.07, 6.45) is 0. The molecular formula is C3H4O3. The van der Waals surface area contributed by atoms with Gasteiger partial charge in [0.2, 0.25) is 0 Å². The zero-order valence-corrected chi connectivity index (χ0v) is 3.26. The lowest BCUT2D eigenvalue weighted by molar-refractivity contribution is -0.118. The van der Waals surface area contributed by atoms with Crippen molar-refractivity contribution < 1.29 is 14.6 Å². The van der Waals surface area contributed by atoms with Crippen molar-refractivity contribution in [2.75, 3.05) is 0 Å². The van der Waals surface area contributed by atoms with Crippen molar-refractivity contribution in [3.63, 3.8) is 0 Å². The number of hydrogen-bond donors (Lipinski definition) is 1. The standard InChI is InChI=1S/C3H4O3/c1-3(5)2(4)6-3/h5H,1H3. The van der Waals surface area contributed by atoms with Crippen molar-refractivity contribution in [3.05, 3.63) is 0 Å². The van der Waals surface area contributed by atoms with Gasteiger partial charge in [-0.1, -0.05) is 0 Å². The minimum atomic E-state index is -1.43. The van der Waals surface area contributed by atoms with Gasteiger partial charge in [0.05, 0.1) is 0 Å². The van der Waals surface area contributed by atoms with Crippen LogP contribution in [0, 0.1) is 0 Å². The lowest BCUT2D eigenvalue weighted by atomic mass is 10.5. The summed E-state index contributed by atoms with van der Waals surface area (Å²) in [6.45, 7) is 1.30. The molecule has 1 N–H and O–H groups in total. The van der Waals surface area contributed by atoms with E-state index in [1.165, 1.54) is 6.92 Å². The Bertz CT molecular complexity index is 94.2. The second-order valence-electron chi connectivity index (χ2n) is 1.37. The maximum absolute atomic E-state index is 9.74. The molecule has 0 aromatic rings. The minimum absolute atomic E-state index is 0.539.